The van der Waals surface area contributed by atoms with Gasteiger partial charge in [-0.2, -0.15) is 0 Å². The van der Waals surface area contributed by atoms with Crippen LogP contribution in [0.5, 0.6) is 0 Å². The second kappa shape index (κ2) is 7.04. The van der Waals surface area contributed by atoms with Crippen LogP contribution in [0.25, 0.3) is 0 Å². The van der Waals surface area contributed by atoms with Crippen LogP contribution in [0.2, 0.25) is 0 Å². The van der Waals surface area contributed by atoms with Gasteiger partial charge in [-0.1, -0.05) is 6.92 Å². The fraction of sp³-hybridized carbons (Fsp3) is 0.714. The molecular weight excluding hydrogens is 310 g/mol. The number of rotatable bonds is 6. The van der Waals surface area contributed by atoms with Crippen molar-refractivity contribution in [2.75, 3.05) is 13.2 Å². The minimum atomic E-state index is 0.427. The van der Waals surface area contributed by atoms with Crippen LogP contribution in [0.3, 0.4) is 0 Å². The topological polar surface area (TPSA) is 21.3 Å². The Morgan fingerprint density at radius 1 is 1.61 bits per heavy atom. The van der Waals surface area contributed by atoms with E-state index in [2.05, 4.69) is 46.5 Å². The molecule has 0 aliphatic carbocycles. The molecule has 18 heavy (non-hydrogen) atoms. The van der Waals surface area contributed by atoms with E-state index in [1.165, 1.54) is 22.2 Å². The number of thiophene rings is 1. The summed E-state index contributed by atoms with van der Waals surface area (Å²) in [6.07, 6.45) is 3.93. The van der Waals surface area contributed by atoms with Gasteiger partial charge in [0.2, 0.25) is 0 Å². The van der Waals surface area contributed by atoms with E-state index in [1.54, 1.807) is 0 Å². The molecule has 1 aromatic heterocycles. The normalized spacial score (nSPS) is 25.5. The van der Waals surface area contributed by atoms with Crippen LogP contribution in [0.1, 0.15) is 31.6 Å². The van der Waals surface area contributed by atoms with E-state index < -0.39 is 0 Å². The lowest BCUT2D eigenvalue weighted by Crippen LogP contribution is -2.38. The zero-order valence-electron chi connectivity index (χ0n) is 11.1. The Kier molecular flexibility index (Phi) is 5.67. The van der Waals surface area contributed by atoms with Crippen molar-refractivity contribution >= 4 is 27.3 Å². The van der Waals surface area contributed by atoms with Crippen LogP contribution in [0.15, 0.2) is 15.9 Å². The van der Waals surface area contributed by atoms with Gasteiger partial charge in [-0.05, 0) is 54.7 Å². The van der Waals surface area contributed by atoms with Crippen molar-refractivity contribution in [3.8, 4) is 0 Å². The van der Waals surface area contributed by atoms with Crippen molar-refractivity contribution in [1.29, 1.82) is 0 Å². The average Bonchev–Trinajstić information content (AvgIpc) is 2.93. The van der Waals surface area contributed by atoms with Crippen molar-refractivity contribution in [3.05, 3.63) is 20.8 Å². The lowest BCUT2D eigenvalue weighted by atomic mass is 9.93. The molecule has 1 aliphatic heterocycles. The van der Waals surface area contributed by atoms with Crippen molar-refractivity contribution < 1.29 is 4.74 Å². The van der Waals surface area contributed by atoms with Gasteiger partial charge in [0, 0.05) is 26.7 Å². The van der Waals surface area contributed by atoms with Crippen molar-refractivity contribution in [3.63, 3.8) is 0 Å². The molecule has 0 bridgehead atoms. The van der Waals surface area contributed by atoms with Gasteiger partial charge >= 0.3 is 0 Å². The van der Waals surface area contributed by atoms with Crippen LogP contribution in [-0.2, 0) is 11.2 Å². The fourth-order valence-electron chi connectivity index (χ4n) is 2.54. The molecule has 1 saturated heterocycles. The molecule has 0 amide bonds. The van der Waals surface area contributed by atoms with E-state index in [1.807, 2.05) is 11.3 Å². The van der Waals surface area contributed by atoms with Crippen LogP contribution in [0, 0.1) is 5.92 Å². The Bertz CT molecular complexity index is 368. The first-order valence-electron chi connectivity index (χ1n) is 6.77. The van der Waals surface area contributed by atoms with Gasteiger partial charge in [-0.3, -0.25) is 0 Å². The molecule has 0 aromatic carbocycles. The molecule has 3 unspecified atom stereocenters. The number of ether oxygens (including phenoxy) is 1. The number of hydrogen-bond acceptors (Lipinski definition) is 3. The molecular formula is C14H22BrNOS. The molecule has 1 aliphatic rings. The van der Waals surface area contributed by atoms with Gasteiger partial charge in [0.15, 0.2) is 0 Å². The van der Waals surface area contributed by atoms with E-state index >= 15 is 0 Å². The third-order valence-corrected chi connectivity index (χ3v) is 5.22. The van der Waals surface area contributed by atoms with E-state index in [0.29, 0.717) is 18.1 Å². The second-order valence-electron chi connectivity index (χ2n) is 5.14. The molecule has 1 N–H and O–H groups in total. The standard InChI is InChI=1S/C14H22BrNOS/c1-3-4-16-14(11-5-10(2)17-8-11)7-13-6-12(15)9-18-13/h6,9-11,14,16H,3-5,7-8H2,1-2H3. The van der Waals surface area contributed by atoms with E-state index in [4.69, 9.17) is 4.74 Å². The van der Waals surface area contributed by atoms with E-state index in [9.17, 15) is 0 Å². The highest BCUT2D eigenvalue weighted by Gasteiger charge is 2.29. The number of hydrogen-bond donors (Lipinski definition) is 1. The summed E-state index contributed by atoms with van der Waals surface area (Å²) >= 11 is 5.38. The average molecular weight is 332 g/mol. The van der Waals surface area contributed by atoms with Crippen molar-refractivity contribution in [2.24, 2.45) is 5.92 Å². The summed E-state index contributed by atoms with van der Waals surface area (Å²) in [5.41, 5.74) is 0. The Morgan fingerprint density at radius 2 is 2.44 bits per heavy atom. The Hall–Kier alpha value is 0.1000. The van der Waals surface area contributed by atoms with Gasteiger partial charge in [-0.25, -0.2) is 0 Å². The lowest BCUT2D eigenvalue weighted by molar-refractivity contribution is 0.117. The number of halogens is 1. The maximum absolute atomic E-state index is 5.72. The quantitative estimate of drug-likeness (QED) is 0.854. The predicted octanol–water partition coefficient (Wildman–Crippen LogP) is 3.85. The summed E-state index contributed by atoms with van der Waals surface area (Å²) in [5.74, 6) is 0.660. The zero-order valence-corrected chi connectivity index (χ0v) is 13.5. The molecule has 3 atom stereocenters. The Morgan fingerprint density at radius 3 is 3.00 bits per heavy atom. The maximum atomic E-state index is 5.72. The fourth-order valence-corrected chi connectivity index (χ4v) is 4.05. The first-order chi connectivity index (χ1) is 8.69. The van der Waals surface area contributed by atoms with Crippen LogP contribution in [0.4, 0.5) is 0 Å². The van der Waals surface area contributed by atoms with Gasteiger partial charge in [0.25, 0.3) is 0 Å². The smallest absolute Gasteiger partial charge is 0.0551 e. The van der Waals surface area contributed by atoms with Crippen molar-refractivity contribution in [2.45, 2.75) is 45.3 Å². The molecule has 2 rings (SSSR count). The van der Waals surface area contributed by atoms with E-state index in [-0.39, 0.29) is 0 Å². The molecule has 102 valence electrons. The predicted molar refractivity (Wildman–Crippen MR) is 81.3 cm³/mol. The SMILES string of the molecule is CCCNC(Cc1cc(Br)cs1)C1COC(C)C1. The monoisotopic (exact) mass is 331 g/mol. The maximum Gasteiger partial charge on any atom is 0.0551 e. The Balaban J connectivity index is 1.96. The summed E-state index contributed by atoms with van der Waals surface area (Å²) in [7, 11) is 0. The first kappa shape index (κ1) is 14.5. The number of nitrogens with one attached hydrogen (secondary N) is 1. The zero-order chi connectivity index (χ0) is 13.0. The van der Waals surface area contributed by atoms with Gasteiger partial charge < -0.3 is 10.1 Å². The van der Waals surface area contributed by atoms with E-state index in [0.717, 1.165) is 19.6 Å². The lowest BCUT2D eigenvalue weighted by Gasteiger charge is -2.23. The Labute approximate surface area is 122 Å². The summed E-state index contributed by atoms with van der Waals surface area (Å²) in [4.78, 5) is 1.45. The highest BCUT2D eigenvalue weighted by Crippen LogP contribution is 2.27. The van der Waals surface area contributed by atoms with Crippen molar-refractivity contribution in [1.82, 2.24) is 5.32 Å². The van der Waals surface area contributed by atoms with Gasteiger partial charge in [0.1, 0.15) is 0 Å². The summed E-state index contributed by atoms with van der Waals surface area (Å²) < 4.78 is 6.93. The first-order valence-corrected chi connectivity index (χ1v) is 8.44. The minimum absolute atomic E-state index is 0.427. The second-order valence-corrected chi connectivity index (χ2v) is 7.05. The molecule has 0 spiro atoms. The molecule has 4 heteroatoms. The third-order valence-electron chi connectivity index (χ3n) is 3.50. The minimum Gasteiger partial charge on any atom is -0.378 e. The largest absolute Gasteiger partial charge is 0.378 e. The molecule has 0 radical (unpaired) electrons. The third kappa shape index (κ3) is 4.05. The highest BCUT2D eigenvalue weighted by molar-refractivity contribution is 9.10. The van der Waals surface area contributed by atoms with Crippen LogP contribution in [-0.4, -0.2) is 25.3 Å². The van der Waals surface area contributed by atoms with Crippen LogP contribution < -0.4 is 5.32 Å². The summed E-state index contributed by atoms with van der Waals surface area (Å²) in [6.45, 7) is 6.41. The molecule has 2 heterocycles. The molecule has 2 nitrogen and oxygen atoms in total. The summed E-state index contributed by atoms with van der Waals surface area (Å²) in [6, 6.07) is 2.80. The highest BCUT2D eigenvalue weighted by atomic mass is 79.9. The van der Waals surface area contributed by atoms with Crippen LogP contribution >= 0.6 is 27.3 Å². The van der Waals surface area contributed by atoms with Gasteiger partial charge in [-0.15, -0.1) is 11.3 Å². The molecule has 1 aromatic rings. The molecule has 0 saturated carbocycles. The molecule has 1 fully saturated rings. The summed E-state index contributed by atoms with van der Waals surface area (Å²) in [5, 5.41) is 5.87. The van der Waals surface area contributed by atoms with Gasteiger partial charge in [0.05, 0.1) is 12.7 Å².